The molecule has 0 atom stereocenters. The fourth-order valence-electron chi connectivity index (χ4n) is 3.57. The highest BCUT2D eigenvalue weighted by atomic mass is 32.2. The van der Waals surface area contributed by atoms with Gasteiger partial charge in [-0.15, -0.1) is 0 Å². The van der Waals surface area contributed by atoms with Gasteiger partial charge in [-0.05, 0) is 87.3 Å². The minimum Gasteiger partial charge on any atom is -0.497 e. The zero-order valence-corrected chi connectivity index (χ0v) is 19.0. The summed E-state index contributed by atoms with van der Waals surface area (Å²) < 4.78 is 33.0. The predicted molar refractivity (Wildman–Crippen MR) is 122 cm³/mol. The Morgan fingerprint density at radius 3 is 2.52 bits per heavy atom. The lowest BCUT2D eigenvalue weighted by atomic mass is 9.99. The number of ether oxygens (including phenoxy) is 1. The van der Waals surface area contributed by atoms with Crippen molar-refractivity contribution in [3.05, 3.63) is 54.1 Å². The Bertz CT molecular complexity index is 969. The summed E-state index contributed by atoms with van der Waals surface area (Å²) in [7, 11) is -2.27. The van der Waals surface area contributed by atoms with Crippen molar-refractivity contribution in [3.8, 4) is 5.75 Å². The normalized spacial score (nSPS) is 15.4. The lowest BCUT2D eigenvalue weighted by Crippen LogP contribution is -2.35. The molecule has 168 valence electrons. The SMILES string of the molecule is COc1ccc(NS(=O)(=O)c2cccc(C(=O)NCCCN3CCC(C)CC3)c2)cc1. The largest absolute Gasteiger partial charge is 0.497 e. The Morgan fingerprint density at radius 2 is 1.84 bits per heavy atom. The average Bonchev–Trinajstić information content (AvgIpc) is 2.78. The van der Waals surface area contributed by atoms with Crippen LogP contribution in [0.3, 0.4) is 0 Å². The number of benzene rings is 2. The molecule has 1 aliphatic rings. The van der Waals surface area contributed by atoms with Crippen LogP contribution in [0.4, 0.5) is 5.69 Å². The van der Waals surface area contributed by atoms with Crippen molar-refractivity contribution in [1.29, 1.82) is 0 Å². The summed E-state index contributed by atoms with van der Waals surface area (Å²) in [4.78, 5) is 15.0. The molecule has 0 radical (unpaired) electrons. The Balaban J connectivity index is 1.53. The number of anilines is 1. The summed E-state index contributed by atoms with van der Waals surface area (Å²) in [5.41, 5.74) is 0.743. The number of hydrogen-bond acceptors (Lipinski definition) is 5. The molecule has 1 heterocycles. The number of likely N-dealkylation sites (tertiary alicyclic amines) is 1. The van der Waals surface area contributed by atoms with E-state index in [9.17, 15) is 13.2 Å². The molecule has 2 N–H and O–H groups in total. The first-order valence-corrected chi connectivity index (χ1v) is 12.1. The third-order valence-corrected chi connectivity index (χ3v) is 6.94. The van der Waals surface area contributed by atoms with Crippen LogP contribution in [-0.4, -0.2) is 52.5 Å². The van der Waals surface area contributed by atoms with Gasteiger partial charge in [0.25, 0.3) is 15.9 Å². The zero-order chi connectivity index (χ0) is 22.3. The van der Waals surface area contributed by atoms with E-state index in [2.05, 4.69) is 21.9 Å². The summed E-state index contributed by atoms with van der Waals surface area (Å²) >= 11 is 0. The van der Waals surface area contributed by atoms with E-state index in [1.165, 1.54) is 25.0 Å². The van der Waals surface area contributed by atoms with Gasteiger partial charge in [-0.1, -0.05) is 13.0 Å². The number of piperidine rings is 1. The first kappa shape index (κ1) is 23.1. The standard InChI is InChI=1S/C23H31N3O4S/c1-18-11-15-26(16-12-18)14-4-13-24-23(27)19-5-3-6-22(17-19)31(28,29)25-20-7-9-21(30-2)10-8-20/h3,5-10,17-18,25H,4,11-16H2,1-2H3,(H,24,27). The lowest BCUT2D eigenvalue weighted by molar-refractivity contribution is 0.0950. The highest BCUT2D eigenvalue weighted by Gasteiger charge is 2.17. The number of nitrogens with one attached hydrogen (secondary N) is 2. The summed E-state index contributed by atoms with van der Waals surface area (Å²) in [6.07, 6.45) is 3.34. The number of carbonyl (C=O) groups excluding carboxylic acids is 1. The number of carbonyl (C=O) groups is 1. The quantitative estimate of drug-likeness (QED) is 0.578. The van der Waals surface area contributed by atoms with Gasteiger partial charge in [-0.25, -0.2) is 8.42 Å². The van der Waals surface area contributed by atoms with Crippen molar-refractivity contribution in [2.75, 3.05) is 38.0 Å². The molecule has 0 saturated carbocycles. The van der Waals surface area contributed by atoms with Gasteiger partial charge in [0.15, 0.2) is 0 Å². The van der Waals surface area contributed by atoms with E-state index in [-0.39, 0.29) is 10.8 Å². The third-order valence-electron chi connectivity index (χ3n) is 5.56. The van der Waals surface area contributed by atoms with Crippen LogP contribution in [0.5, 0.6) is 5.75 Å². The van der Waals surface area contributed by atoms with Crippen LogP contribution in [0.2, 0.25) is 0 Å². The van der Waals surface area contributed by atoms with Crippen LogP contribution in [0.1, 0.15) is 36.5 Å². The van der Waals surface area contributed by atoms with Gasteiger partial charge in [0.05, 0.1) is 12.0 Å². The number of hydrogen-bond donors (Lipinski definition) is 2. The topological polar surface area (TPSA) is 87.7 Å². The van der Waals surface area contributed by atoms with Gasteiger partial charge in [0.1, 0.15) is 5.75 Å². The highest BCUT2D eigenvalue weighted by Crippen LogP contribution is 2.20. The Labute approximate surface area is 184 Å². The van der Waals surface area contributed by atoms with Crippen LogP contribution in [-0.2, 0) is 10.0 Å². The van der Waals surface area contributed by atoms with Crippen LogP contribution in [0.15, 0.2) is 53.4 Å². The van der Waals surface area contributed by atoms with Crippen LogP contribution in [0, 0.1) is 5.92 Å². The third kappa shape index (κ3) is 6.70. The van der Waals surface area contributed by atoms with Crippen LogP contribution < -0.4 is 14.8 Å². The number of amides is 1. The monoisotopic (exact) mass is 445 g/mol. The van der Waals surface area contributed by atoms with Crippen molar-refractivity contribution >= 4 is 21.6 Å². The molecule has 0 aliphatic carbocycles. The van der Waals surface area contributed by atoms with Gasteiger partial charge >= 0.3 is 0 Å². The summed E-state index contributed by atoms with van der Waals surface area (Å²) in [6, 6.07) is 12.7. The molecule has 8 heteroatoms. The first-order chi connectivity index (χ1) is 14.9. The molecular weight excluding hydrogens is 414 g/mol. The van der Waals surface area contributed by atoms with Gasteiger partial charge in [0.2, 0.25) is 0 Å². The molecule has 0 unspecified atom stereocenters. The average molecular weight is 446 g/mol. The maximum atomic E-state index is 12.7. The molecule has 7 nitrogen and oxygen atoms in total. The Kier molecular flexibility index (Phi) is 7.92. The summed E-state index contributed by atoms with van der Waals surface area (Å²) in [5.74, 6) is 1.17. The summed E-state index contributed by atoms with van der Waals surface area (Å²) in [6.45, 7) is 6.06. The Hall–Kier alpha value is -2.58. The molecule has 0 spiro atoms. The van der Waals surface area contributed by atoms with Crippen LogP contribution in [0.25, 0.3) is 0 Å². The lowest BCUT2D eigenvalue weighted by Gasteiger charge is -2.30. The molecule has 1 amide bonds. The van der Waals surface area contributed by atoms with Gasteiger partial charge in [-0.3, -0.25) is 9.52 Å². The zero-order valence-electron chi connectivity index (χ0n) is 18.1. The molecule has 0 aromatic heterocycles. The smallest absolute Gasteiger partial charge is 0.261 e. The van der Waals surface area contributed by atoms with Gasteiger partial charge in [0, 0.05) is 17.8 Å². The minimum atomic E-state index is -3.81. The van der Waals surface area contributed by atoms with E-state index < -0.39 is 10.0 Å². The minimum absolute atomic E-state index is 0.0402. The van der Waals surface area contributed by atoms with E-state index in [4.69, 9.17) is 4.74 Å². The molecule has 2 aromatic carbocycles. The second-order valence-electron chi connectivity index (χ2n) is 8.00. The number of sulfonamides is 1. The van der Waals surface area contributed by atoms with E-state index in [1.807, 2.05) is 0 Å². The fourth-order valence-corrected chi connectivity index (χ4v) is 4.67. The second kappa shape index (κ2) is 10.6. The number of rotatable bonds is 9. The van der Waals surface area contributed by atoms with Crippen molar-refractivity contribution in [1.82, 2.24) is 10.2 Å². The van der Waals surface area contributed by atoms with Gasteiger partial charge in [-0.2, -0.15) is 0 Å². The van der Waals surface area contributed by atoms with E-state index >= 15 is 0 Å². The fraction of sp³-hybridized carbons (Fsp3) is 0.435. The highest BCUT2D eigenvalue weighted by molar-refractivity contribution is 7.92. The Morgan fingerprint density at radius 1 is 1.13 bits per heavy atom. The summed E-state index contributed by atoms with van der Waals surface area (Å²) in [5, 5.41) is 2.89. The van der Waals surface area contributed by atoms with E-state index in [1.54, 1.807) is 43.5 Å². The van der Waals surface area contributed by atoms with Crippen molar-refractivity contribution in [2.45, 2.75) is 31.1 Å². The van der Waals surface area contributed by atoms with Gasteiger partial charge < -0.3 is 15.0 Å². The molecule has 0 bridgehead atoms. The first-order valence-electron chi connectivity index (χ1n) is 10.6. The molecule has 1 fully saturated rings. The second-order valence-corrected chi connectivity index (χ2v) is 9.68. The molecule has 1 aliphatic heterocycles. The molecule has 2 aromatic rings. The van der Waals surface area contributed by atoms with E-state index in [0.717, 1.165) is 32.0 Å². The van der Waals surface area contributed by atoms with Crippen molar-refractivity contribution in [2.24, 2.45) is 5.92 Å². The maximum absolute atomic E-state index is 12.7. The molecule has 3 rings (SSSR count). The molecule has 31 heavy (non-hydrogen) atoms. The predicted octanol–water partition coefficient (Wildman–Crippen LogP) is 3.35. The molecular formula is C23H31N3O4S. The van der Waals surface area contributed by atoms with Crippen molar-refractivity contribution in [3.63, 3.8) is 0 Å². The van der Waals surface area contributed by atoms with Crippen LogP contribution >= 0.6 is 0 Å². The number of methoxy groups -OCH3 is 1. The number of nitrogens with zero attached hydrogens (tertiary/aromatic N) is 1. The maximum Gasteiger partial charge on any atom is 0.261 e. The van der Waals surface area contributed by atoms with E-state index in [0.29, 0.717) is 23.5 Å². The van der Waals surface area contributed by atoms with Crippen molar-refractivity contribution < 1.29 is 17.9 Å². The molecule has 1 saturated heterocycles.